The van der Waals surface area contributed by atoms with Gasteiger partial charge in [0.2, 0.25) is 0 Å². The van der Waals surface area contributed by atoms with Crippen molar-refractivity contribution in [2.24, 2.45) is 0 Å². The number of hydrogen-bond acceptors (Lipinski definition) is 3. The number of nitriles is 1. The van der Waals surface area contributed by atoms with Crippen molar-refractivity contribution in [3.63, 3.8) is 0 Å². The third kappa shape index (κ3) is 4.63. The zero-order chi connectivity index (χ0) is 17.7. The SMILES string of the molecule is COc1ccc(/C=C(\C#N)C(=O)Nc2ccc(Cl)c(Cl)c2)cc1I. The molecule has 1 N–H and O–H groups in total. The molecule has 0 unspecified atom stereocenters. The molecular weight excluding hydrogens is 462 g/mol. The van der Waals surface area contributed by atoms with Crippen molar-refractivity contribution in [3.8, 4) is 11.8 Å². The van der Waals surface area contributed by atoms with Crippen LogP contribution in [0.2, 0.25) is 10.0 Å². The van der Waals surface area contributed by atoms with E-state index in [1.54, 1.807) is 31.4 Å². The minimum Gasteiger partial charge on any atom is -0.496 e. The number of halogens is 3. The van der Waals surface area contributed by atoms with Gasteiger partial charge in [0.05, 0.1) is 20.7 Å². The zero-order valence-corrected chi connectivity index (χ0v) is 16.1. The molecule has 1 amide bonds. The molecule has 24 heavy (non-hydrogen) atoms. The number of nitrogens with zero attached hydrogens (tertiary/aromatic N) is 1. The third-order valence-electron chi connectivity index (χ3n) is 3.03. The van der Waals surface area contributed by atoms with E-state index in [4.69, 9.17) is 27.9 Å². The van der Waals surface area contributed by atoms with Crippen LogP contribution in [0.5, 0.6) is 5.75 Å². The molecule has 4 nitrogen and oxygen atoms in total. The molecule has 0 aliphatic rings. The summed E-state index contributed by atoms with van der Waals surface area (Å²) >= 11 is 13.9. The van der Waals surface area contributed by atoms with Gasteiger partial charge >= 0.3 is 0 Å². The van der Waals surface area contributed by atoms with E-state index in [0.717, 1.165) is 14.9 Å². The number of rotatable bonds is 4. The molecule has 0 atom stereocenters. The van der Waals surface area contributed by atoms with Crippen LogP contribution in [0.4, 0.5) is 5.69 Å². The predicted octanol–water partition coefficient (Wildman–Crippen LogP) is 5.15. The van der Waals surface area contributed by atoms with Gasteiger partial charge in [-0.15, -0.1) is 0 Å². The summed E-state index contributed by atoms with van der Waals surface area (Å²) in [6.45, 7) is 0. The smallest absolute Gasteiger partial charge is 0.266 e. The topological polar surface area (TPSA) is 62.1 Å². The van der Waals surface area contributed by atoms with Crippen LogP contribution in [0.25, 0.3) is 6.08 Å². The largest absolute Gasteiger partial charge is 0.496 e. The highest BCUT2D eigenvalue weighted by atomic mass is 127. The van der Waals surface area contributed by atoms with E-state index in [0.29, 0.717) is 15.7 Å². The van der Waals surface area contributed by atoms with Crippen LogP contribution in [0, 0.1) is 14.9 Å². The fourth-order valence-corrected chi connectivity index (χ4v) is 2.92. The Morgan fingerprint density at radius 3 is 2.58 bits per heavy atom. The summed E-state index contributed by atoms with van der Waals surface area (Å²) in [6.07, 6.45) is 1.51. The van der Waals surface area contributed by atoms with Crippen LogP contribution in [-0.2, 0) is 4.79 Å². The highest BCUT2D eigenvalue weighted by Gasteiger charge is 2.11. The third-order valence-corrected chi connectivity index (χ3v) is 4.61. The standard InChI is InChI=1S/C17H11Cl2IN2O2/c1-24-16-5-2-10(7-15(16)20)6-11(9-21)17(23)22-12-3-4-13(18)14(19)8-12/h2-8H,1H3,(H,22,23)/b11-6+. The lowest BCUT2D eigenvalue weighted by Crippen LogP contribution is -2.13. The first-order chi connectivity index (χ1) is 11.4. The number of benzene rings is 2. The normalized spacial score (nSPS) is 10.9. The molecule has 0 aliphatic heterocycles. The van der Waals surface area contributed by atoms with E-state index in [1.807, 2.05) is 12.1 Å². The van der Waals surface area contributed by atoms with Crippen molar-refractivity contribution in [3.05, 3.63) is 61.2 Å². The fraction of sp³-hybridized carbons (Fsp3) is 0.0588. The van der Waals surface area contributed by atoms with Gasteiger partial charge in [0, 0.05) is 5.69 Å². The number of carbonyl (C=O) groups excluding carboxylic acids is 1. The lowest BCUT2D eigenvalue weighted by Gasteiger charge is -2.06. The summed E-state index contributed by atoms with van der Waals surface area (Å²) in [6, 6.07) is 12.0. The lowest BCUT2D eigenvalue weighted by atomic mass is 10.1. The molecule has 0 aromatic heterocycles. The molecule has 2 rings (SSSR count). The zero-order valence-electron chi connectivity index (χ0n) is 12.4. The van der Waals surface area contributed by atoms with E-state index in [2.05, 4.69) is 27.9 Å². The maximum Gasteiger partial charge on any atom is 0.266 e. The summed E-state index contributed by atoms with van der Waals surface area (Å²) in [7, 11) is 1.58. The number of anilines is 1. The number of hydrogen-bond donors (Lipinski definition) is 1. The van der Waals surface area contributed by atoms with E-state index in [1.165, 1.54) is 12.1 Å². The summed E-state index contributed by atoms with van der Waals surface area (Å²) in [5.41, 5.74) is 1.16. The van der Waals surface area contributed by atoms with Crippen molar-refractivity contribution < 1.29 is 9.53 Å². The van der Waals surface area contributed by atoms with Crippen molar-refractivity contribution >= 4 is 63.5 Å². The first-order valence-electron chi connectivity index (χ1n) is 6.66. The molecule has 0 spiro atoms. The van der Waals surface area contributed by atoms with Crippen LogP contribution >= 0.6 is 45.8 Å². The Morgan fingerprint density at radius 2 is 2.00 bits per heavy atom. The van der Waals surface area contributed by atoms with E-state index in [9.17, 15) is 10.1 Å². The Bertz CT molecular complexity index is 860. The number of amides is 1. The second-order valence-electron chi connectivity index (χ2n) is 4.65. The molecule has 0 radical (unpaired) electrons. The van der Waals surface area contributed by atoms with Gasteiger partial charge in [0.1, 0.15) is 17.4 Å². The molecule has 2 aromatic carbocycles. The Kier molecular flexibility index (Phi) is 6.49. The molecule has 7 heteroatoms. The van der Waals surface area contributed by atoms with Crippen LogP contribution in [0.1, 0.15) is 5.56 Å². The van der Waals surface area contributed by atoms with Crippen molar-refractivity contribution in [2.75, 3.05) is 12.4 Å². The number of ether oxygens (including phenoxy) is 1. The van der Waals surface area contributed by atoms with Gasteiger partial charge in [-0.2, -0.15) is 5.26 Å². The van der Waals surface area contributed by atoms with Crippen molar-refractivity contribution in [1.29, 1.82) is 5.26 Å². The summed E-state index contributed by atoms with van der Waals surface area (Å²) < 4.78 is 6.06. The molecule has 0 aliphatic carbocycles. The molecule has 122 valence electrons. The van der Waals surface area contributed by atoms with Crippen LogP contribution < -0.4 is 10.1 Å². The monoisotopic (exact) mass is 472 g/mol. The van der Waals surface area contributed by atoms with Gasteiger partial charge < -0.3 is 10.1 Å². The second-order valence-corrected chi connectivity index (χ2v) is 6.62. The quantitative estimate of drug-likeness (QED) is 0.380. The van der Waals surface area contributed by atoms with Gasteiger partial charge in [-0.1, -0.05) is 29.3 Å². The average molecular weight is 473 g/mol. The summed E-state index contributed by atoms with van der Waals surface area (Å²) in [5, 5.41) is 12.6. The number of carbonyl (C=O) groups is 1. The summed E-state index contributed by atoms with van der Waals surface area (Å²) in [4.78, 5) is 12.2. The molecule has 0 bridgehead atoms. The summed E-state index contributed by atoms with van der Waals surface area (Å²) in [5.74, 6) is 0.202. The van der Waals surface area contributed by atoms with Crippen molar-refractivity contribution in [2.45, 2.75) is 0 Å². The molecular formula is C17H11Cl2IN2O2. The minimum absolute atomic E-state index is 0.0259. The van der Waals surface area contributed by atoms with Gasteiger partial charge in [-0.05, 0) is 64.6 Å². The maximum atomic E-state index is 12.2. The van der Waals surface area contributed by atoms with E-state index in [-0.39, 0.29) is 5.57 Å². The Hall–Kier alpha value is -1.75. The van der Waals surface area contributed by atoms with Gasteiger partial charge in [0.15, 0.2) is 0 Å². The van der Waals surface area contributed by atoms with Crippen LogP contribution in [-0.4, -0.2) is 13.0 Å². The Morgan fingerprint density at radius 1 is 1.25 bits per heavy atom. The van der Waals surface area contributed by atoms with E-state index < -0.39 is 5.91 Å². The van der Waals surface area contributed by atoms with Gasteiger partial charge in [-0.25, -0.2) is 0 Å². The molecule has 0 fully saturated rings. The molecule has 2 aromatic rings. The molecule has 0 saturated carbocycles. The van der Waals surface area contributed by atoms with Gasteiger partial charge in [0.25, 0.3) is 5.91 Å². The van der Waals surface area contributed by atoms with Gasteiger partial charge in [-0.3, -0.25) is 4.79 Å². The Balaban J connectivity index is 2.23. The Labute approximate surface area is 163 Å². The number of nitrogens with one attached hydrogen (secondary N) is 1. The molecule has 0 saturated heterocycles. The van der Waals surface area contributed by atoms with E-state index >= 15 is 0 Å². The maximum absolute atomic E-state index is 12.2. The first-order valence-corrected chi connectivity index (χ1v) is 8.50. The van der Waals surface area contributed by atoms with Crippen LogP contribution in [0.15, 0.2) is 42.0 Å². The van der Waals surface area contributed by atoms with Crippen molar-refractivity contribution in [1.82, 2.24) is 0 Å². The average Bonchev–Trinajstić information content (AvgIpc) is 2.56. The first kappa shape index (κ1) is 18.6. The van der Waals surface area contributed by atoms with Crippen LogP contribution in [0.3, 0.4) is 0 Å². The molecule has 0 heterocycles. The highest BCUT2D eigenvalue weighted by molar-refractivity contribution is 14.1. The second kappa shape index (κ2) is 8.38. The fourth-order valence-electron chi connectivity index (χ4n) is 1.86. The highest BCUT2D eigenvalue weighted by Crippen LogP contribution is 2.26. The number of methoxy groups -OCH3 is 1. The lowest BCUT2D eigenvalue weighted by molar-refractivity contribution is -0.112. The predicted molar refractivity (Wildman–Crippen MR) is 104 cm³/mol. The minimum atomic E-state index is -0.526.